The van der Waals surface area contributed by atoms with E-state index in [1.807, 2.05) is 31.3 Å². The van der Waals surface area contributed by atoms with Crippen molar-refractivity contribution in [2.75, 3.05) is 26.0 Å². The summed E-state index contributed by atoms with van der Waals surface area (Å²) in [5.74, 6) is 0.675. The zero-order chi connectivity index (χ0) is 16.8. The first-order chi connectivity index (χ1) is 11.0. The summed E-state index contributed by atoms with van der Waals surface area (Å²) < 4.78 is 5.33. The van der Waals surface area contributed by atoms with E-state index in [0.29, 0.717) is 28.8 Å². The van der Waals surface area contributed by atoms with Crippen molar-refractivity contribution in [3.63, 3.8) is 0 Å². The highest BCUT2D eigenvalue weighted by atomic mass is 35.5. The fourth-order valence-corrected chi connectivity index (χ4v) is 2.80. The maximum atomic E-state index is 12.2. The number of carbonyl (C=O) groups excluding carboxylic acids is 1. The molecule has 0 radical (unpaired) electrons. The Hall–Kier alpha value is -1.75. The van der Waals surface area contributed by atoms with Gasteiger partial charge in [0.05, 0.1) is 29.9 Å². The van der Waals surface area contributed by atoms with Gasteiger partial charge in [-0.3, -0.25) is 4.79 Å². The number of halogens is 2. The normalized spacial score (nSPS) is 11.8. The number of carbonyl (C=O) groups is 1. The van der Waals surface area contributed by atoms with Gasteiger partial charge in [0.15, 0.2) is 6.54 Å². The zero-order valence-corrected chi connectivity index (χ0v) is 14.5. The summed E-state index contributed by atoms with van der Waals surface area (Å²) in [7, 11) is 3.58. The summed E-state index contributed by atoms with van der Waals surface area (Å²) in [6, 6.07) is 12.9. The first kappa shape index (κ1) is 17.6. The van der Waals surface area contributed by atoms with Crippen LogP contribution in [0.3, 0.4) is 0 Å². The van der Waals surface area contributed by atoms with E-state index in [4.69, 9.17) is 27.9 Å². The molecule has 122 valence electrons. The van der Waals surface area contributed by atoms with E-state index in [1.165, 1.54) is 0 Å². The van der Waals surface area contributed by atoms with Crippen LogP contribution in [0.15, 0.2) is 42.5 Å². The highest BCUT2D eigenvalue weighted by molar-refractivity contribution is 6.39. The molecule has 1 amide bonds. The Labute approximate surface area is 146 Å². The van der Waals surface area contributed by atoms with Crippen LogP contribution in [0.1, 0.15) is 5.56 Å². The molecular formula is C17H19Cl2N2O2+. The van der Waals surface area contributed by atoms with Crippen LogP contribution in [-0.4, -0.2) is 26.6 Å². The van der Waals surface area contributed by atoms with E-state index in [0.717, 1.165) is 16.2 Å². The summed E-state index contributed by atoms with van der Waals surface area (Å²) >= 11 is 12.1. The van der Waals surface area contributed by atoms with Gasteiger partial charge in [-0.15, -0.1) is 0 Å². The van der Waals surface area contributed by atoms with Crippen molar-refractivity contribution in [1.29, 1.82) is 0 Å². The lowest BCUT2D eigenvalue weighted by Crippen LogP contribution is -3.08. The first-order valence-electron chi connectivity index (χ1n) is 7.18. The second-order valence-electron chi connectivity index (χ2n) is 5.27. The number of anilines is 1. The fourth-order valence-electron chi connectivity index (χ4n) is 2.31. The maximum absolute atomic E-state index is 12.2. The lowest BCUT2D eigenvalue weighted by molar-refractivity contribution is -0.885. The lowest BCUT2D eigenvalue weighted by atomic mass is 10.2. The molecule has 1 unspecified atom stereocenters. The Morgan fingerprint density at radius 1 is 1.13 bits per heavy atom. The molecule has 4 nitrogen and oxygen atoms in total. The molecule has 2 N–H and O–H groups in total. The van der Waals surface area contributed by atoms with E-state index in [9.17, 15) is 4.79 Å². The van der Waals surface area contributed by atoms with Crippen molar-refractivity contribution >= 4 is 34.8 Å². The molecular weight excluding hydrogens is 335 g/mol. The largest absolute Gasteiger partial charge is 0.496 e. The van der Waals surface area contributed by atoms with Gasteiger partial charge in [-0.05, 0) is 24.3 Å². The van der Waals surface area contributed by atoms with E-state index in [-0.39, 0.29) is 5.91 Å². The van der Waals surface area contributed by atoms with Gasteiger partial charge in [-0.25, -0.2) is 0 Å². The van der Waals surface area contributed by atoms with Gasteiger partial charge in [0.25, 0.3) is 5.91 Å². The smallest absolute Gasteiger partial charge is 0.279 e. The Balaban J connectivity index is 1.97. The van der Waals surface area contributed by atoms with Gasteiger partial charge >= 0.3 is 0 Å². The standard InChI is InChI=1S/C17H18Cl2N2O2/c1-21(10-12-6-3-4-9-15(12)23-2)11-16(22)20-17-13(18)7-5-8-14(17)19/h3-9H,10-11H2,1-2H3,(H,20,22)/p+1. The Bertz CT molecular complexity index is 672. The van der Waals surface area contributed by atoms with Gasteiger partial charge in [-0.1, -0.05) is 41.4 Å². The number of amides is 1. The molecule has 6 heteroatoms. The number of quaternary nitrogens is 1. The molecule has 0 aliphatic carbocycles. The van der Waals surface area contributed by atoms with Crippen LogP contribution < -0.4 is 15.0 Å². The number of ether oxygens (including phenoxy) is 1. The number of para-hydroxylation sites is 2. The van der Waals surface area contributed by atoms with Crippen molar-refractivity contribution in [3.05, 3.63) is 58.1 Å². The van der Waals surface area contributed by atoms with Crippen molar-refractivity contribution in [2.24, 2.45) is 0 Å². The van der Waals surface area contributed by atoms with Crippen LogP contribution in [-0.2, 0) is 11.3 Å². The molecule has 2 aromatic rings. The molecule has 2 aromatic carbocycles. The molecule has 1 atom stereocenters. The van der Waals surface area contributed by atoms with Crippen molar-refractivity contribution in [1.82, 2.24) is 0 Å². The van der Waals surface area contributed by atoms with Gasteiger partial charge in [0.2, 0.25) is 0 Å². The minimum atomic E-state index is -0.146. The van der Waals surface area contributed by atoms with E-state index in [1.54, 1.807) is 25.3 Å². The van der Waals surface area contributed by atoms with Crippen LogP contribution in [0.2, 0.25) is 10.0 Å². The number of nitrogens with one attached hydrogen (secondary N) is 2. The lowest BCUT2D eigenvalue weighted by Gasteiger charge is -2.16. The number of hydrogen-bond donors (Lipinski definition) is 2. The minimum Gasteiger partial charge on any atom is -0.496 e. The molecule has 2 rings (SSSR count). The van der Waals surface area contributed by atoms with Crippen LogP contribution in [0.25, 0.3) is 0 Å². The third-order valence-corrected chi connectivity index (χ3v) is 4.00. The van der Waals surface area contributed by atoms with Gasteiger partial charge in [0, 0.05) is 5.56 Å². The highest BCUT2D eigenvalue weighted by Crippen LogP contribution is 2.29. The maximum Gasteiger partial charge on any atom is 0.279 e. The molecule has 23 heavy (non-hydrogen) atoms. The van der Waals surface area contributed by atoms with Crippen LogP contribution in [0, 0.1) is 0 Å². The second kappa shape index (κ2) is 8.20. The molecule has 0 saturated carbocycles. The summed E-state index contributed by atoms with van der Waals surface area (Å²) in [5, 5.41) is 3.62. The summed E-state index contributed by atoms with van der Waals surface area (Å²) in [6.07, 6.45) is 0. The second-order valence-corrected chi connectivity index (χ2v) is 6.08. The van der Waals surface area contributed by atoms with Crippen LogP contribution in [0.4, 0.5) is 5.69 Å². The van der Waals surface area contributed by atoms with Gasteiger partial charge in [0.1, 0.15) is 12.3 Å². The van der Waals surface area contributed by atoms with Crippen molar-refractivity contribution in [3.8, 4) is 5.75 Å². The topological polar surface area (TPSA) is 42.8 Å². The summed E-state index contributed by atoms with van der Waals surface area (Å²) in [6.45, 7) is 0.966. The average Bonchev–Trinajstić information content (AvgIpc) is 2.51. The third-order valence-electron chi connectivity index (χ3n) is 3.37. The first-order valence-corrected chi connectivity index (χ1v) is 7.94. The minimum absolute atomic E-state index is 0.146. The quantitative estimate of drug-likeness (QED) is 0.838. The number of rotatable bonds is 6. The van der Waals surface area contributed by atoms with Crippen LogP contribution in [0.5, 0.6) is 5.75 Å². The Morgan fingerprint density at radius 2 is 1.78 bits per heavy atom. The number of hydrogen-bond acceptors (Lipinski definition) is 2. The van der Waals surface area contributed by atoms with Gasteiger partial charge < -0.3 is 15.0 Å². The van der Waals surface area contributed by atoms with Crippen LogP contribution >= 0.6 is 23.2 Å². The molecule has 0 heterocycles. The SMILES string of the molecule is COc1ccccc1C[NH+](C)CC(=O)Nc1c(Cl)cccc1Cl. The Kier molecular flexibility index (Phi) is 6.28. The molecule has 0 fully saturated rings. The predicted molar refractivity (Wildman–Crippen MR) is 93.5 cm³/mol. The molecule has 0 saturated heterocycles. The monoisotopic (exact) mass is 353 g/mol. The third kappa shape index (κ3) is 4.86. The highest BCUT2D eigenvalue weighted by Gasteiger charge is 2.15. The number of benzene rings is 2. The number of methoxy groups -OCH3 is 1. The van der Waals surface area contributed by atoms with Crippen molar-refractivity contribution in [2.45, 2.75) is 6.54 Å². The van der Waals surface area contributed by atoms with Crippen molar-refractivity contribution < 1.29 is 14.4 Å². The summed E-state index contributed by atoms with van der Waals surface area (Å²) in [4.78, 5) is 13.2. The molecule has 0 aliphatic heterocycles. The Morgan fingerprint density at radius 3 is 2.43 bits per heavy atom. The molecule has 0 aromatic heterocycles. The van der Waals surface area contributed by atoms with E-state index < -0.39 is 0 Å². The summed E-state index contributed by atoms with van der Waals surface area (Å²) in [5.41, 5.74) is 1.50. The van der Waals surface area contributed by atoms with E-state index in [2.05, 4.69) is 5.32 Å². The fraction of sp³-hybridized carbons (Fsp3) is 0.235. The number of likely N-dealkylation sites (N-methyl/N-ethyl adjacent to an activating group) is 1. The predicted octanol–water partition coefficient (Wildman–Crippen LogP) is 2.66. The molecule has 0 spiro atoms. The molecule has 0 bridgehead atoms. The average molecular weight is 354 g/mol. The molecule has 0 aliphatic rings. The zero-order valence-electron chi connectivity index (χ0n) is 13.0. The van der Waals surface area contributed by atoms with E-state index >= 15 is 0 Å². The van der Waals surface area contributed by atoms with Gasteiger partial charge in [-0.2, -0.15) is 0 Å².